The lowest BCUT2D eigenvalue weighted by atomic mass is 10.2. The Labute approximate surface area is 174 Å². The van der Waals surface area contributed by atoms with E-state index in [9.17, 15) is 13.2 Å². The number of hydrogen-bond acceptors (Lipinski definition) is 5. The Morgan fingerprint density at radius 1 is 1.17 bits per heavy atom. The first-order chi connectivity index (χ1) is 13.9. The van der Waals surface area contributed by atoms with E-state index < -0.39 is 10.0 Å². The number of amides is 1. The number of sulfonamides is 1. The first kappa shape index (κ1) is 21.0. The molecule has 3 rings (SSSR count). The van der Waals surface area contributed by atoms with Crippen molar-refractivity contribution in [3.05, 3.63) is 71.4 Å². The molecular weight excluding hydrogens is 414 g/mol. The summed E-state index contributed by atoms with van der Waals surface area (Å²) in [4.78, 5) is 20.5. The number of rotatable bonds is 8. The smallest absolute Gasteiger partial charge is 0.242 e. The van der Waals surface area contributed by atoms with Gasteiger partial charge in [0.1, 0.15) is 16.5 Å². The summed E-state index contributed by atoms with van der Waals surface area (Å²) in [5.41, 5.74) is 0.869. The van der Waals surface area contributed by atoms with Crippen LogP contribution in [0, 0.1) is 6.92 Å². The molecule has 3 aromatic rings. The number of carbonyl (C=O) groups excluding carboxylic acids is 1. The van der Waals surface area contributed by atoms with Gasteiger partial charge in [-0.3, -0.25) is 9.36 Å². The number of halogens is 1. The van der Waals surface area contributed by atoms with Crippen LogP contribution >= 0.6 is 11.6 Å². The van der Waals surface area contributed by atoms with Gasteiger partial charge in [0.15, 0.2) is 0 Å². The molecule has 0 spiro atoms. The summed E-state index contributed by atoms with van der Waals surface area (Å²) in [6.45, 7) is 2.15. The van der Waals surface area contributed by atoms with Gasteiger partial charge in [0, 0.05) is 38.1 Å². The Hall–Kier alpha value is -2.75. The molecule has 0 bridgehead atoms. The van der Waals surface area contributed by atoms with Gasteiger partial charge in [0.05, 0.1) is 5.02 Å². The SMILES string of the molecule is Cc1nccn1-c1cc(CNC(=O)CCNS(=O)(=O)c2ccccc2Cl)ccn1. The monoisotopic (exact) mass is 433 g/mol. The summed E-state index contributed by atoms with van der Waals surface area (Å²) in [5, 5.41) is 2.90. The van der Waals surface area contributed by atoms with Crippen LogP contribution in [-0.4, -0.2) is 35.4 Å². The van der Waals surface area contributed by atoms with Crippen LogP contribution in [0.15, 0.2) is 59.9 Å². The normalized spacial score (nSPS) is 11.4. The van der Waals surface area contributed by atoms with E-state index in [1.54, 1.807) is 30.6 Å². The lowest BCUT2D eigenvalue weighted by molar-refractivity contribution is -0.121. The predicted octanol–water partition coefficient (Wildman–Crippen LogP) is 2.21. The van der Waals surface area contributed by atoms with Crippen molar-refractivity contribution in [1.29, 1.82) is 0 Å². The Bertz CT molecular complexity index is 1110. The molecule has 1 amide bonds. The second-order valence-electron chi connectivity index (χ2n) is 6.22. The zero-order valence-corrected chi connectivity index (χ0v) is 17.2. The highest BCUT2D eigenvalue weighted by atomic mass is 35.5. The number of aryl methyl sites for hydroxylation is 1. The summed E-state index contributed by atoms with van der Waals surface area (Å²) in [6, 6.07) is 9.80. The van der Waals surface area contributed by atoms with E-state index in [2.05, 4.69) is 20.0 Å². The first-order valence-corrected chi connectivity index (χ1v) is 10.7. The van der Waals surface area contributed by atoms with Crippen molar-refractivity contribution in [2.45, 2.75) is 24.8 Å². The van der Waals surface area contributed by atoms with Crippen molar-refractivity contribution in [3.8, 4) is 5.82 Å². The molecule has 2 aromatic heterocycles. The third-order valence-corrected chi connectivity index (χ3v) is 6.10. The van der Waals surface area contributed by atoms with E-state index in [-0.39, 0.29) is 28.8 Å². The standard InChI is InChI=1S/C19H20ClN5O3S/c1-14-21-10-11-25(14)18-12-15(6-8-22-18)13-23-19(26)7-9-24-29(27,28)17-5-3-2-4-16(17)20/h2-6,8,10-12,24H,7,9,13H2,1H3,(H,23,26). The van der Waals surface area contributed by atoms with Crippen LogP contribution in [0.25, 0.3) is 5.82 Å². The number of carbonyl (C=O) groups is 1. The molecule has 10 heteroatoms. The minimum Gasteiger partial charge on any atom is -0.352 e. The quantitative estimate of drug-likeness (QED) is 0.566. The number of benzene rings is 1. The summed E-state index contributed by atoms with van der Waals surface area (Å²) < 4.78 is 28.7. The van der Waals surface area contributed by atoms with E-state index in [1.165, 1.54) is 12.1 Å². The van der Waals surface area contributed by atoms with Gasteiger partial charge < -0.3 is 5.32 Å². The van der Waals surface area contributed by atoms with Crippen molar-refractivity contribution in [2.24, 2.45) is 0 Å². The Kier molecular flexibility index (Phi) is 6.63. The number of imidazole rings is 1. The third kappa shape index (κ3) is 5.41. The van der Waals surface area contributed by atoms with Crippen molar-refractivity contribution in [3.63, 3.8) is 0 Å². The second kappa shape index (κ2) is 9.17. The van der Waals surface area contributed by atoms with Gasteiger partial charge in [0.25, 0.3) is 0 Å². The zero-order chi connectivity index (χ0) is 20.9. The van der Waals surface area contributed by atoms with Gasteiger partial charge in [-0.1, -0.05) is 23.7 Å². The molecule has 29 heavy (non-hydrogen) atoms. The average Bonchev–Trinajstić information content (AvgIpc) is 3.12. The minimum absolute atomic E-state index is 0.00223. The topological polar surface area (TPSA) is 106 Å². The fourth-order valence-electron chi connectivity index (χ4n) is 2.65. The van der Waals surface area contributed by atoms with Crippen LogP contribution in [0.1, 0.15) is 17.8 Å². The van der Waals surface area contributed by atoms with Crippen LogP contribution in [0.2, 0.25) is 5.02 Å². The molecule has 2 heterocycles. The zero-order valence-electron chi connectivity index (χ0n) is 15.7. The number of pyridine rings is 1. The molecule has 0 atom stereocenters. The Balaban J connectivity index is 1.51. The van der Waals surface area contributed by atoms with Crippen molar-refractivity contribution >= 4 is 27.5 Å². The van der Waals surface area contributed by atoms with Crippen molar-refractivity contribution in [1.82, 2.24) is 24.6 Å². The molecule has 0 aliphatic heterocycles. The van der Waals surface area contributed by atoms with Crippen LogP contribution in [0.5, 0.6) is 0 Å². The van der Waals surface area contributed by atoms with Crippen LogP contribution in [-0.2, 0) is 21.4 Å². The van der Waals surface area contributed by atoms with E-state index in [4.69, 9.17) is 11.6 Å². The summed E-state index contributed by atoms with van der Waals surface area (Å²) in [5.74, 6) is 1.24. The lowest BCUT2D eigenvalue weighted by Crippen LogP contribution is -2.30. The molecular formula is C19H20ClN5O3S. The molecule has 0 aliphatic rings. The molecule has 152 valence electrons. The van der Waals surface area contributed by atoms with E-state index in [1.807, 2.05) is 23.8 Å². The van der Waals surface area contributed by atoms with Gasteiger partial charge in [-0.05, 0) is 36.8 Å². The molecule has 0 saturated carbocycles. The average molecular weight is 434 g/mol. The van der Waals surface area contributed by atoms with Crippen LogP contribution in [0.4, 0.5) is 0 Å². The highest BCUT2D eigenvalue weighted by Gasteiger charge is 2.17. The van der Waals surface area contributed by atoms with E-state index in [0.29, 0.717) is 12.4 Å². The maximum atomic E-state index is 12.2. The summed E-state index contributed by atoms with van der Waals surface area (Å²) >= 11 is 5.92. The van der Waals surface area contributed by atoms with Crippen LogP contribution < -0.4 is 10.0 Å². The fourth-order valence-corrected chi connectivity index (χ4v) is 4.20. The van der Waals surface area contributed by atoms with Gasteiger partial charge in [0.2, 0.25) is 15.9 Å². The molecule has 0 aliphatic carbocycles. The number of nitrogens with one attached hydrogen (secondary N) is 2. The fraction of sp³-hybridized carbons (Fsp3) is 0.211. The van der Waals surface area contributed by atoms with Gasteiger partial charge in [-0.2, -0.15) is 0 Å². The molecule has 1 aromatic carbocycles. The van der Waals surface area contributed by atoms with E-state index in [0.717, 1.165) is 11.4 Å². The molecule has 0 fully saturated rings. The van der Waals surface area contributed by atoms with Gasteiger partial charge >= 0.3 is 0 Å². The second-order valence-corrected chi connectivity index (χ2v) is 8.36. The molecule has 0 radical (unpaired) electrons. The highest BCUT2D eigenvalue weighted by molar-refractivity contribution is 7.89. The summed E-state index contributed by atoms with van der Waals surface area (Å²) in [6.07, 6.45) is 5.16. The maximum Gasteiger partial charge on any atom is 0.242 e. The van der Waals surface area contributed by atoms with Crippen molar-refractivity contribution < 1.29 is 13.2 Å². The Morgan fingerprint density at radius 3 is 2.69 bits per heavy atom. The molecule has 0 unspecified atom stereocenters. The highest BCUT2D eigenvalue weighted by Crippen LogP contribution is 2.19. The molecule has 8 nitrogen and oxygen atoms in total. The van der Waals surface area contributed by atoms with Gasteiger partial charge in [-0.25, -0.2) is 23.1 Å². The first-order valence-electron chi connectivity index (χ1n) is 8.83. The van der Waals surface area contributed by atoms with Crippen LogP contribution in [0.3, 0.4) is 0 Å². The largest absolute Gasteiger partial charge is 0.352 e. The number of aromatic nitrogens is 3. The molecule has 2 N–H and O–H groups in total. The summed E-state index contributed by atoms with van der Waals surface area (Å²) in [7, 11) is -3.77. The number of hydrogen-bond donors (Lipinski definition) is 2. The maximum absolute atomic E-state index is 12.2. The Morgan fingerprint density at radius 2 is 1.97 bits per heavy atom. The third-order valence-electron chi connectivity index (χ3n) is 4.14. The number of nitrogens with zero attached hydrogens (tertiary/aromatic N) is 3. The van der Waals surface area contributed by atoms with Crippen molar-refractivity contribution in [2.75, 3.05) is 6.54 Å². The van der Waals surface area contributed by atoms with E-state index >= 15 is 0 Å². The predicted molar refractivity (Wildman–Crippen MR) is 109 cm³/mol. The lowest BCUT2D eigenvalue weighted by Gasteiger charge is -2.10. The molecule has 0 saturated heterocycles. The van der Waals surface area contributed by atoms with Gasteiger partial charge in [-0.15, -0.1) is 0 Å². The minimum atomic E-state index is -3.77.